The molecule has 0 aliphatic carbocycles. The summed E-state index contributed by atoms with van der Waals surface area (Å²) in [6.07, 6.45) is 0. The van der Waals surface area contributed by atoms with Gasteiger partial charge in [0.2, 0.25) is 0 Å². The Bertz CT molecular complexity index is 1080. The maximum atomic E-state index is 12.2. The largest absolute Gasteiger partial charge is 0.331 e. The third-order valence-corrected chi connectivity index (χ3v) is 5.60. The van der Waals surface area contributed by atoms with Crippen LogP contribution in [0.25, 0.3) is 11.3 Å². The molecular formula is C20H14ClN3OS2. The Morgan fingerprint density at radius 1 is 0.963 bits per heavy atom. The van der Waals surface area contributed by atoms with Crippen LogP contribution in [-0.4, -0.2) is 10.9 Å². The predicted molar refractivity (Wildman–Crippen MR) is 115 cm³/mol. The van der Waals surface area contributed by atoms with Crippen molar-refractivity contribution >= 4 is 56.7 Å². The van der Waals surface area contributed by atoms with Crippen molar-refractivity contribution in [1.29, 1.82) is 0 Å². The number of aromatic nitrogens is 1. The highest BCUT2D eigenvalue weighted by Gasteiger charge is 2.09. The Kier molecular flexibility index (Phi) is 5.20. The van der Waals surface area contributed by atoms with E-state index in [0.29, 0.717) is 9.90 Å². The Balaban J connectivity index is 1.50. The van der Waals surface area contributed by atoms with Gasteiger partial charge in [-0.3, -0.25) is 4.79 Å². The molecule has 0 spiro atoms. The van der Waals surface area contributed by atoms with E-state index in [2.05, 4.69) is 15.6 Å². The minimum Gasteiger partial charge on any atom is -0.331 e. The van der Waals surface area contributed by atoms with Crippen LogP contribution >= 0.6 is 34.3 Å². The maximum Gasteiger partial charge on any atom is 0.265 e. The number of carbonyl (C=O) groups excluding carboxylic acids is 1. The average Bonchev–Trinajstić information content (AvgIpc) is 3.34. The molecule has 27 heavy (non-hydrogen) atoms. The molecule has 0 radical (unpaired) electrons. The molecule has 0 atom stereocenters. The summed E-state index contributed by atoms with van der Waals surface area (Å²) < 4.78 is 0. The first-order valence-electron chi connectivity index (χ1n) is 8.11. The van der Waals surface area contributed by atoms with E-state index in [1.165, 1.54) is 22.7 Å². The highest BCUT2D eigenvalue weighted by Crippen LogP contribution is 2.29. The number of thiophene rings is 1. The maximum absolute atomic E-state index is 12.2. The Morgan fingerprint density at radius 2 is 1.81 bits per heavy atom. The number of benzene rings is 2. The second-order valence-electron chi connectivity index (χ2n) is 5.69. The van der Waals surface area contributed by atoms with Crippen LogP contribution in [0.1, 0.15) is 9.67 Å². The molecule has 7 heteroatoms. The Hall–Kier alpha value is -2.67. The molecule has 0 aliphatic heterocycles. The number of carbonyl (C=O) groups is 1. The van der Waals surface area contributed by atoms with E-state index in [9.17, 15) is 4.79 Å². The van der Waals surface area contributed by atoms with Crippen molar-refractivity contribution in [3.63, 3.8) is 0 Å². The van der Waals surface area contributed by atoms with Crippen LogP contribution in [0.15, 0.2) is 71.4 Å². The van der Waals surface area contributed by atoms with Crippen LogP contribution in [0.2, 0.25) is 5.02 Å². The first-order valence-corrected chi connectivity index (χ1v) is 10.2. The smallest absolute Gasteiger partial charge is 0.265 e. The van der Waals surface area contributed by atoms with Gasteiger partial charge in [-0.2, -0.15) is 0 Å². The molecule has 0 aliphatic rings. The van der Waals surface area contributed by atoms with Crippen molar-refractivity contribution in [2.75, 3.05) is 10.6 Å². The highest BCUT2D eigenvalue weighted by atomic mass is 35.5. The van der Waals surface area contributed by atoms with Crippen LogP contribution in [0.3, 0.4) is 0 Å². The molecule has 0 saturated carbocycles. The summed E-state index contributed by atoms with van der Waals surface area (Å²) in [5.41, 5.74) is 3.41. The summed E-state index contributed by atoms with van der Waals surface area (Å²) in [6.45, 7) is 0. The highest BCUT2D eigenvalue weighted by molar-refractivity contribution is 7.14. The molecule has 4 nitrogen and oxygen atoms in total. The van der Waals surface area contributed by atoms with E-state index in [-0.39, 0.29) is 5.91 Å². The second kappa shape index (κ2) is 7.92. The number of rotatable bonds is 5. The number of hydrogen-bond donors (Lipinski definition) is 2. The molecule has 1 amide bonds. The summed E-state index contributed by atoms with van der Waals surface area (Å²) in [5, 5.41) is 11.5. The third-order valence-electron chi connectivity index (χ3n) is 3.74. The molecule has 0 unspecified atom stereocenters. The van der Waals surface area contributed by atoms with Gasteiger partial charge in [0.15, 0.2) is 5.13 Å². The van der Waals surface area contributed by atoms with Crippen LogP contribution < -0.4 is 10.6 Å². The van der Waals surface area contributed by atoms with Gasteiger partial charge in [-0.25, -0.2) is 4.98 Å². The Morgan fingerprint density at radius 3 is 2.63 bits per heavy atom. The molecule has 2 heterocycles. The van der Waals surface area contributed by atoms with Gasteiger partial charge < -0.3 is 10.6 Å². The predicted octanol–water partition coefficient (Wildman–Crippen LogP) is 6.52. The molecule has 0 saturated heterocycles. The summed E-state index contributed by atoms with van der Waals surface area (Å²) in [5.74, 6) is -0.108. The average molecular weight is 412 g/mol. The lowest BCUT2D eigenvalue weighted by Gasteiger charge is -2.05. The van der Waals surface area contributed by atoms with Crippen molar-refractivity contribution in [1.82, 2.24) is 4.98 Å². The minimum atomic E-state index is -0.108. The van der Waals surface area contributed by atoms with Crippen LogP contribution in [-0.2, 0) is 0 Å². The SMILES string of the molecule is O=C(Nc1cccc(-c2csc(Nc3cccc(Cl)c3)n2)c1)c1cccs1. The fraction of sp³-hybridized carbons (Fsp3) is 0. The van der Waals surface area contributed by atoms with Crippen LogP contribution in [0.4, 0.5) is 16.5 Å². The van der Waals surface area contributed by atoms with Crippen LogP contribution in [0.5, 0.6) is 0 Å². The summed E-state index contributed by atoms with van der Waals surface area (Å²) in [6, 6.07) is 18.8. The van der Waals surface area contributed by atoms with Crippen molar-refractivity contribution in [3.05, 3.63) is 81.3 Å². The lowest BCUT2D eigenvalue weighted by Crippen LogP contribution is -2.09. The van der Waals surface area contributed by atoms with E-state index >= 15 is 0 Å². The first kappa shape index (κ1) is 17.7. The van der Waals surface area contributed by atoms with E-state index in [1.54, 1.807) is 6.07 Å². The zero-order chi connectivity index (χ0) is 18.6. The molecule has 134 valence electrons. The molecule has 2 N–H and O–H groups in total. The topological polar surface area (TPSA) is 54.0 Å². The van der Waals surface area contributed by atoms with Gasteiger partial charge in [0, 0.05) is 27.3 Å². The minimum absolute atomic E-state index is 0.108. The zero-order valence-electron chi connectivity index (χ0n) is 14.0. The number of halogens is 1. The molecule has 4 aromatic rings. The van der Waals surface area contributed by atoms with Crippen LogP contribution in [0, 0.1) is 0 Å². The first-order chi connectivity index (χ1) is 13.2. The van der Waals surface area contributed by atoms with E-state index in [4.69, 9.17) is 11.6 Å². The molecule has 4 rings (SSSR count). The molecule has 2 aromatic heterocycles. The van der Waals surface area contributed by atoms with E-state index in [1.807, 2.05) is 65.4 Å². The van der Waals surface area contributed by atoms with Gasteiger partial charge in [0.25, 0.3) is 5.91 Å². The van der Waals surface area contributed by atoms with Gasteiger partial charge in [-0.05, 0) is 41.8 Å². The Labute approximate surface area is 169 Å². The molecule has 0 bridgehead atoms. The van der Waals surface area contributed by atoms with Crippen molar-refractivity contribution in [2.45, 2.75) is 0 Å². The number of anilines is 3. The number of nitrogens with one attached hydrogen (secondary N) is 2. The van der Waals surface area contributed by atoms with Gasteiger partial charge in [-0.15, -0.1) is 22.7 Å². The van der Waals surface area contributed by atoms with Crippen molar-refractivity contribution in [3.8, 4) is 11.3 Å². The summed E-state index contributed by atoms with van der Waals surface area (Å²) in [7, 11) is 0. The quantitative estimate of drug-likeness (QED) is 0.393. The molecular weight excluding hydrogens is 398 g/mol. The van der Waals surface area contributed by atoms with Gasteiger partial charge in [-0.1, -0.05) is 35.9 Å². The summed E-state index contributed by atoms with van der Waals surface area (Å²) >= 11 is 8.94. The second-order valence-corrected chi connectivity index (χ2v) is 7.93. The van der Waals surface area contributed by atoms with Gasteiger partial charge >= 0.3 is 0 Å². The monoisotopic (exact) mass is 411 g/mol. The number of hydrogen-bond acceptors (Lipinski definition) is 5. The fourth-order valence-corrected chi connectivity index (χ4v) is 4.06. The molecule has 2 aromatic carbocycles. The van der Waals surface area contributed by atoms with Crippen molar-refractivity contribution in [2.24, 2.45) is 0 Å². The lowest BCUT2D eigenvalue weighted by atomic mass is 10.1. The van der Waals surface area contributed by atoms with E-state index in [0.717, 1.165) is 27.8 Å². The van der Waals surface area contributed by atoms with E-state index < -0.39 is 0 Å². The normalized spacial score (nSPS) is 10.6. The number of thiazole rings is 1. The summed E-state index contributed by atoms with van der Waals surface area (Å²) in [4.78, 5) is 17.5. The number of nitrogens with zero attached hydrogens (tertiary/aromatic N) is 1. The zero-order valence-corrected chi connectivity index (χ0v) is 16.4. The molecule has 0 fully saturated rings. The van der Waals surface area contributed by atoms with Crippen molar-refractivity contribution < 1.29 is 4.79 Å². The number of amides is 1. The van der Waals surface area contributed by atoms with Gasteiger partial charge in [0.1, 0.15) is 0 Å². The fourth-order valence-electron chi connectivity index (χ4n) is 2.51. The standard InChI is InChI=1S/C20H14ClN3OS2/c21-14-5-2-7-16(11-14)23-20-24-17(12-27-20)13-4-1-6-15(10-13)22-19(25)18-8-3-9-26-18/h1-12H,(H,22,25)(H,23,24). The lowest BCUT2D eigenvalue weighted by molar-refractivity contribution is 0.103. The van der Waals surface area contributed by atoms with Gasteiger partial charge in [0.05, 0.1) is 10.6 Å². The third kappa shape index (κ3) is 4.36.